The Kier molecular flexibility index (Phi) is 6.49. The predicted molar refractivity (Wildman–Crippen MR) is 139 cm³/mol. The maximum absolute atomic E-state index is 13.6. The van der Waals surface area contributed by atoms with Gasteiger partial charge >= 0.3 is 5.69 Å². The monoisotopic (exact) mass is 509 g/mol. The number of carbonyl (C=O) groups is 1. The lowest BCUT2D eigenvalue weighted by Gasteiger charge is -2.36. The second kappa shape index (κ2) is 9.30. The Bertz CT molecular complexity index is 1520. The number of nitrogens with two attached hydrogens (primary N) is 1. The average molecular weight is 510 g/mol. The molecule has 0 fully saturated rings. The predicted octanol–water partition coefficient (Wildman–Crippen LogP) is 2.36. The lowest BCUT2D eigenvalue weighted by atomic mass is 9.86. The normalized spacial score (nSPS) is 16.6. The molecule has 11 heteroatoms. The van der Waals surface area contributed by atoms with Gasteiger partial charge in [0.2, 0.25) is 5.88 Å². The van der Waals surface area contributed by atoms with E-state index in [1.807, 2.05) is 13.8 Å². The highest BCUT2D eigenvalue weighted by Crippen LogP contribution is 2.43. The fourth-order valence-corrected chi connectivity index (χ4v) is 4.59. The van der Waals surface area contributed by atoms with Gasteiger partial charge in [-0.25, -0.2) is 14.3 Å². The third-order valence-electron chi connectivity index (χ3n) is 7.12. The van der Waals surface area contributed by atoms with Crippen LogP contribution in [0.2, 0.25) is 0 Å². The van der Waals surface area contributed by atoms with E-state index in [2.05, 4.69) is 10.3 Å². The lowest BCUT2D eigenvalue weighted by Crippen LogP contribution is -2.50. The molecule has 4 N–H and O–H groups in total. The number of pyridine rings is 1. The van der Waals surface area contributed by atoms with Crippen molar-refractivity contribution in [2.24, 2.45) is 0 Å². The summed E-state index contributed by atoms with van der Waals surface area (Å²) in [6.45, 7) is 8.78. The van der Waals surface area contributed by atoms with Crippen molar-refractivity contribution in [3.8, 4) is 23.1 Å². The smallest absolute Gasteiger partial charge is 0.337 e. The summed E-state index contributed by atoms with van der Waals surface area (Å²) in [4.78, 5) is 43.9. The van der Waals surface area contributed by atoms with Gasteiger partial charge in [0.05, 0.1) is 19.0 Å². The van der Waals surface area contributed by atoms with Crippen LogP contribution < -0.4 is 31.8 Å². The number of benzene rings is 1. The zero-order chi connectivity index (χ0) is 27.2. The van der Waals surface area contributed by atoms with Crippen molar-refractivity contribution in [2.75, 3.05) is 18.2 Å². The number of hydrogen-bond acceptors (Lipinski definition) is 8. The van der Waals surface area contributed by atoms with Crippen LogP contribution in [0.1, 0.15) is 42.5 Å². The molecule has 11 nitrogen and oxygen atoms in total. The average Bonchev–Trinajstić information content (AvgIpc) is 2.89. The first-order valence-corrected chi connectivity index (χ1v) is 11.9. The van der Waals surface area contributed by atoms with Crippen molar-refractivity contribution in [3.63, 3.8) is 0 Å². The van der Waals surface area contributed by atoms with Crippen molar-refractivity contribution >= 4 is 17.4 Å². The van der Waals surface area contributed by atoms with Crippen molar-refractivity contribution in [1.29, 1.82) is 0 Å². The zero-order valence-corrected chi connectivity index (χ0v) is 21.8. The molecule has 1 amide bonds. The van der Waals surface area contributed by atoms with E-state index in [1.165, 1.54) is 13.3 Å². The number of nitrogen functional groups attached to an aromatic ring is 1. The van der Waals surface area contributed by atoms with Crippen molar-refractivity contribution in [3.05, 3.63) is 61.4 Å². The molecule has 3 heterocycles. The Morgan fingerprint density at radius 3 is 2.54 bits per heavy atom. The third kappa shape index (κ3) is 4.09. The number of anilines is 2. The summed E-state index contributed by atoms with van der Waals surface area (Å²) in [5, 5.41) is 13.1. The fourth-order valence-electron chi connectivity index (χ4n) is 4.59. The Hall–Kier alpha value is -4.28. The first-order valence-electron chi connectivity index (χ1n) is 11.9. The number of amides is 1. The van der Waals surface area contributed by atoms with Crippen molar-refractivity contribution in [2.45, 2.75) is 59.6 Å². The van der Waals surface area contributed by atoms with Crippen LogP contribution in [0.5, 0.6) is 17.4 Å². The lowest BCUT2D eigenvalue weighted by molar-refractivity contribution is -0.131. The van der Waals surface area contributed by atoms with Gasteiger partial charge in [-0.2, -0.15) is 0 Å². The van der Waals surface area contributed by atoms with Crippen LogP contribution in [-0.2, 0) is 17.8 Å². The first kappa shape index (κ1) is 25.8. The highest BCUT2D eigenvalue weighted by molar-refractivity contribution is 5.99. The van der Waals surface area contributed by atoms with Crippen LogP contribution in [0.3, 0.4) is 0 Å². The van der Waals surface area contributed by atoms with E-state index in [0.29, 0.717) is 35.7 Å². The number of phenols is 1. The summed E-state index contributed by atoms with van der Waals surface area (Å²) in [5.74, 6) is 0.295. The zero-order valence-electron chi connectivity index (χ0n) is 21.8. The number of aromatic nitrogens is 3. The van der Waals surface area contributed by atoms with Crippen LogP contribution >= 0.6 is 0 Å². The maximum atomic E-state index is 13.6. The van der Waals surface area contributed by atoms with E-state index in [4.69, 9.17) is 15.2 Å². The number of carbonyl (C=O) groups excluding carboxylic acids is 1. The van der Waals surface area contributed by atoms with Gasteiger partial charge in [0.1, 0.15) is 23.0 Å². The summed E-state index contributed by atoms with van der Waals surface area (Å²) in [6, 6.07) is 3.13. The molecule has 0 radical (unpaired) electrons. The molecule has 1 aliphatic rings. The standard InChI is InChI=1S/C26H31N5O6/c1-7-30-23(33)19(22(27)31(25(30)35)16-8-9-18(36-6)28-12-16)29-24(34)26(5)11-10-17-15(4)20(32)13(2)14(3)21(17)37-26/h8-9,12,32H,7,10-11,27H2,1-6H3,(H,29,34). The number of nitrogens with zero attached hydrogens (tertiary/aromatic N) is 3. The van der Waals surface area contributed by atoms with Gasteiger partial charge < -0.3 is 25.6 Å². The highest BCUT2D eigenvalue weighted by Gasteiger charge is 2.41. The van der Waals surface area contributed by atoms with E-state index in [-0.39, 0.29) is 23.8 Å². The van der Waals surface area contributed by atoms with E-state index in [9.17, 15) is 19.5 Å². The van der Waals surface area contributed by atoms with Gasteiger partial charge in [-0.3, -0.25) is 14.2 Å². The summed E-state index contributed by atoms with van der Waals surface area (Å²) in [5.41, 5.74) is 6.64. The summed E-state index contributed by atoms with van der Waals surface area (Å²) in [7, 11) is 1.46. The van der Waals surface area contributed by atoms with Gasteiger partial charge in [0, 0.05) is 24.6 Å². The molecule has 1 unspecified atom stereocenters. The van der Waals surface area contributed by atoms with E-state index in [0.717, 1.165) is 25.8 Å². The molecule has 3 aromatic rings. The molecule has 2 aromatic heterocycles. The Balaban J connectivity index is 1.77. The summed E-state index contributed by atoms with van der Waals surface area (Å²) >= 11 is 0. The minimum absolute atomic E-state index is 0.0623. The molecule has 1 aliphatic heterocycles. The Morgan fingerprint density at radius 2 is 1.95 bits per heavy atom. The molecule has 0 bridgehead atoms. The SMILES string of the molecule is CCn1c(=O)c(NC(=O)C2(C)CCc3c(C)c(O)c(C)c(C)c3O2)c(N)n(-c2ccc(OC)nc2)c1=O. The van der Waals surface area contributed by atoms with Gasteiger partial charge in [0.25, 0.3) is 11.5 Å². The number of phenolic OH excluding ortho intramolecular Hbond substituents is 1. The summed E-state index contributed by atoms with van der Waals surface area (Å²) in [6.07, 6.45) is 2.18. The Morgan fingerprint density at radius 1 is 1.24 bits per heavy atom. The van der Waals surface area contributed by atoms with Crippen LogP contribution in [0.25, 0.3) is 5.69 Å². The van der Waals surface area contributed by atoms with Crippen LogP contribution in [-0.4, -0.2) is 37.8 Å². The molecule has 1 aromatic carbocycles. The number of methoxy groups -OCH3 is 1. The first-order chi connectivity index (χ1) is 17.4. The van der Waals surface area contributed by atoms with Crippen LogP contribution in [0.15, 0.2) is 27.9 Å². The minimum Gasteiger partial charge on any atom is -0.507 e. The maximum Gasteiger partial charge on any atom is 0.337 e. The molecule has 37 heavy (non-hydrogen) atoms. The highest BCUT2D eigenvalue weighted by atomic mass is 16.5. The molecule has 0 aliphatic carbocycles. The quantitative estimate of drug-likeness (QED) is 0.474. The van der Waals surface area contributed by atoms with Crippen LogP contribution in [0, 0.1) is 20.8 Å². The molecular formula is C26H31N5O6. The van der Waals surface area contributed by atoms with Crippen LogP contribution in [0.4, 0.5) is 11.5 Å². The molecule has 0 saturated carbocycles. The van der Waals surface area contributed by atoms with E-state index < -0.39 is 22.8 Å². The molecule has 196 valence electrons. The number of rotatable bonds is 5. The molecule has 0 spiro atoms. The molecule has 0 saturated heterocycles. The van der Waals surface area contributed by atoms with E-state index >= 15 is 0 Å². The number of fused-ring (bicyclic) bond motifs is 1. The molecular weight excluding hydrogens is 478 g/mol. The van der Waals surface area contributed by atoms with Gasteiger partial charge in [-0.15, -0.1) is 0 Å². The topological polar surface area (TPSA) is 151 Å². The van der Waals surface area contributed by atoms with Gasteiger partial charge in [-0.1, -0.05) is 0 Å². The third-order valence-corrected chi connectivity index (χ3v) is 7.12. The number of nitrogens with one attached hydrogen (secondary N) is 1. The van der Waals surface area contributed by atoms with Gasteiger partial charge in [-0.05, 0) is 63.8 Å². The molecule has 4 rings (SSSR count). The second-order valence-electron chi connectivity index (χ2n) is 9.30. The number of aromatic hydroxyl groups is 1. The largest absolute Gasteiger partial charge is 0.507 e. The Labute approximate surface area is 213 Å². The minimum atomic E-state index is -1.33. The summed E-state index contributed by atoms with van der Waals surface area (Å²) < 4.78 is 13.4. The number of hydrogen-bond donors (Lipinski definition) is 3. The second-order valence-corrected chi connectivity index (χ2v) is 9.30. The van der Waals surface area contributed by atoms with Gasteiger partial charge in [0.15, 0.2) is 5.60 Å². The number of ether oxygens (including phenoxy) is 2. The van der Waals surface area contributed by atoms with Crippen molar-refractivity contribution in [1.82, 2.24) is 14.1 Å². The van der Waals surface area contributed by atoms with Crippen molar-refractivity contribution < 1.29 is 19.4 Å². The molecule has 1 atom stereocenters. The van der Waals surface area contributed by atoms with E-state index in [1.54, 1.807) is 32.9 Å². The fraction of sp³-hybridized carbons (Fsp3) is 0.385.